The summed E-state index contributed by atoms with van der Waals surface area (Å²) >= 11 is 6.04. The van der Waals surface area contributed by atoms with Crippen molar-refractivity contribution in [2.24, 2.45) is 0 Å². The number of hydrogen-bond donors (Lipinski definition) is 0. The molecule has 0 saturated carbocycles. The number of likely N-dealkylation sites (tertiary alicyclic amines) is 1. The monoisotopic (exact) mass is 396 g/mol. The summed E-state index contributed by atoms with van der Waals surface area (Å²) < 4.78 is 43.8. The number of halogens is 4. The minimum Gasteiger partial charge on any atom is -0.472 e. The maximum absolute atomic E-state index is 12.7. The normalized spacial score (nSPS) is 17.5. The average Bonchev–Trinajstić information content (AvgIpc) is 3.09. The fourth-order valence-corrected chi connectivity index (χ4v) is 2.92. The van der Waals surface area contributed by atoms with Crippen LogP contribution in [0.25, 0.3) is 6.08 Å². The number of hydrogen-bond acceptors (Lipinski definition) is 3. The maximum atomic E-state index is 12.7. The van der Waals surface area contributed by atoms with Gasteiger partial charge < -0.3 is 9.64 Å². The van der Waals surface area contributed by atoms with Crippen molar-refractivity contribution in [1.82, 2.24) is 9.88 Å². The second kappa shape index (κ2) is 8.00. The molecular formula is C19H16ClF3N2O2. The molecule has 1 aliphatic rings. The highest BCUT2D eigenvalue weighted by molar-refractivity contribution is 6.32. The van der Waals surface area contributed by atoms with E-state index in [4.69, 9.17) is 16.3 Å². The van der Waals surface area contributed by atoms with Crippen LogP contribution >= 0.6 is 11.6 Å². The summed E-state index contributed by atoms with van der Waals surface area (Å²) in [6.07, 6.45) is -0.230. The van der Waals surface area contributed by atoms with Crippen molar-refractivity contribution in [3.63, 3.8) is 0 Å². The van der Waals surface area contributed by atoms with Crippen LogP contribution in [0.4, 0.5) is 13.2 Å². The van der Waals surface area contributed by atoms with Crippen molar-refractivity contribution < 1.29 is 22.7 Å². The van der Waals surface area contributed by atoms with Gasteiger partial charge in [0.05, 0.1) is 12.1 Å². The van der Waals surface area contributed by atoms with Gasteiger partial charge in [-0.2, -0.15) is 13.2 Å². The Bertz CT molecular complexity index is 855. The molecule has 0 radical (unpaired) electrons. The Morgan fingerprint density at radius 2 is 2.07 bits per heavy atom. The summed E-state index contributed by atoms with van der Waals surface area (Å²) in [5, 5.41) is 0.541. The maximum Gasteiger partial charge on any atom is 0.416 e. The Labute approximate surface area is 159 Å². The molecule has 1 unspecified atom stereocenters. The molecule has 0 N–H and O–H groups in total. The highest BCUT2D eigenvalue weighted by Crippen LogP contribution is 2.31. The fraction of sp³-hybridized carbons (Fsp3) is 0.263. The van der Waals surface area contributed by atoms with Crippen LogP contribution in [0.5, 0.6) is 5.88 Å². The van der Waals surface area contributed by atoms with Gasteiger partial charge in [-0.15, -0.1) is 0 Å². The highest BCUT2D eigenvalue weighted by Gasteiger charge is 2.32. The standard InChI is InChI=1S/C19H16ClF3N2O2/c20-16-4-2-1-3-13(16)5-6-18(26)25-10-8-15(12-25)27-17-11-14(7-9-24-17)19(21,22)23/h1-7,9,11,15H,8,10,12H2/b6-5+. The Balaban J connectivity index is 1.59. The number of benzene rings is 1. The van der Waals surface area contributed by atoms with Gasteiger partial charge in [0.2, 0.25) is 11.8 Å². The molecule has 27 heavy (non-hydrogen) atoms. The smallest absolute Gasteiger partial charge is 0.416 e. The number of aromatic nitrogens is 1. The Morgan fingerprint density at radius 1 is 1.30 bits per heavy atom. The molecule has 8 heteroatoms. The van der Waals surface area contributed by atoms with Crippen molar-refractivity contribution in [3.8, 4) is 5.88 Å². The molecule has 4 nitrogen and oxygen atoms in total. The minimum absolute atomic E-state index is 0.101. The largest absolute Gasteiger partial charge is 0.472 e. The van der Waals surface area contributed by atoms with E-state index < -0.39 is 17.8 Å². The first-order valence-corrected chi connectivity index (χ1v) is 8.62. The Morgan fingerprint density at radius 3 is 2.81 bits per heavy atom. The third-order valence-corrected chi connectivity index (χ3v) is 4.46. The van der Waals surface area contributed by atoms with E-state index in [1.54, 1.807) is 29.2 Å². The summed E-state index contributed by atoms with van der Waals surface area (Å²) in [4.78, 5) is 17.7. The van der Waals surface area contributed by atoms with Gasteiger partial charge in [-0.1, -0.05) is 29.8 Å². The van der Waals surface area contributed by atoms with Gasteiger partial charge in [0.25, 0.3) is 0 Å². The number of pyridine rings is 1. The van der Waals surface area contributed by atoms with Gasteiger partial charge in [0.15, 0.2) is 0 Å². The minimum atomic E-state index is -4.46. The van der Waals surface area contributed by atoms with Gasteiger partial charge in [-0.3, -0.25) is 4.79 Å². The lowest BCUT2D eigenvalue weighted by molar-refractivity contribution is -0.137. The van der Waals surface area contributed by atoms with E-state index in [2.05, 4.69) is 4.98 Å². The first kappa shape index (κ1) is 19.2. The number of nitrogens with zero attached hydrogens (tertiary/aromatic N) is 2. The van der Waals surface area contributed by atoms with Crippen LogP contribution < -0.4 is 4.74 Å². The van der Waals surface area contributed by atoms with Crippen molar-refractivity contribution in [1.29, 1.82) is 0 Å². The number of amides is 1. The second-order valence-corrected chi connectivity index (χ2v) is 6.46. The van der Waals surface area contributed by atoms with Crippen molar-refractivity contribution >= 4 is 23.6 Å². The number of rotatable bonds is 4. The number of carbonyl (C=O) groups is 1. The molecule has 2 aromatic rings. The molecule has 2 heterocycles. The SMILES string of the molecule is O=C(/C=C/c1ccccc1Cl)N1CCC(Oc2cc(C(F)(F)F)ccn2)C1. The summed E-state index contributed by atoms with van der Waals surface area (Å²) in [5.41, 5.74) is -0.0891. The Kier molecular flexibility index (Phi) is 5.70. The lowest BCUT2D eigenvalue weighted by Gasteiger charge is -2.16. The first-order valence-electron chi connectivity index (χ1n) is 8.24. The van der Waals surface area contributed by atoms with Crippen molar-refractivity contribution in [2.45, 2.75) is 18.7 Å². The third kappa shape index (κ3) is 5.01. The molecule has 1 aliphatic heterocycles. The van der Waals surface area contributed by atoms with Crippen LogP contribution in [-0.4, -0.2) is 35.0 Å². The van der Waals surface area contributed by atoms with Crippen molar-refractivity contribution in [2.75, 3.05) is 13.1 Å². The van der Waals surface area contributed by atoms with Crippen LogP contribution in [0.3, 0.4) is 0 Å². The fourth-order valence-electron chi connectivity index (χ4n) is 2.72. The van der Waals surface area contributed by atoms with Crippen LogP contribution in [0.2, 0.25) is 5.02 Å². The molecule has 0 aliphatic carbocycles. The van der Waals surface area contributed by atoms with Gasteiger partial charge in [0, 0.05) is 36.3 Å². The van der Waals surface area contributed by atoms with Gasteiger partial charge in [-0.05, 0) is 23.8 Å². The van der Waals surface area contributed by atoms with Crippen LogP contribution in [-0.2, 0) is 11.0 Å². The summed E-state index contributed by atoms with van der Waals surface area (Å²) in [7, 11) is 0. The van der Waals surface area contributed by atoms with E-state index in [1.165, 1.54) is 6.08 Å². The second-order valence-electron chi connectivity index (χ2n) is 6.05. The lowest BCUT2D eigenvalue weighted by atomic mass is 10.2. The van der Waals surface area contributed by atoms with E-state index in [1.807, 2.05) is 6.07 Å². The molecule has 0 bridgehead atoms. The lowest BCUT2D eigenvalue weighted by Crippen LogP contribution is -2.29. The number of carbonyl (C=O) groups excluding carboxylic acids is 1. The third-order valence-electron chi connectivity index (χ3n) is 4.12. The molecule has 1 fully saturated rings. The van der Waals surface area contributed by atoms with Crippen molar-refractivity contribution in [3.05, 3.63) is 64.8 Å². The molecule has 1 aromatic carbocycles. The summed E-state index contributed by atoms with van der Waals surface area (Å²) in [5.74, 6) is -0.311. The topological polar surface area (TPSA) is 42.4 Å². The molecule has 1 amide bonds. The number of alkyl halides is 3. The van der Waals surface area contributed by atoms with E-state index in [-0.39, 0.29) is 18.3 Å². The average molecular weight is 397 g/mol. The van der Waals surface area contributed by atoms with Crippen LogP contribution in [0, 0.1) is 0 Å². The molecule has 0 spiro atoms. The van der Waals surface area contributed by atoms with E-state index >= 15 is 0 Å². The quantitative estimate of drug-likeness (QED) is 0.717. The highest BCUT2D eigenvalue weighted by atomic mass is 35.5. The molecule has 1 atom stereocenters. The number of ether oxygens (including phenoxy) is 1. The van der Waals surface area contributed by atoms with E-state index in [9.17, 15) is 18.0 Å². The first-order chi connectivity index (χ1) is 12.8. The van der Waals surface area contributed by atoms with Gasteiger partial charge in [-0.25, -0.2) is 4.98 Å². The van der Waals surface area contributed by atoms with Gasteiger partial charge >= 0.3 is 6.18 Å². The van der Waals surface area contributed by atoms with Crippen LogP contribution in [0.15, 0.2) is 48.7 Å². The molecular weight excluding hydrogens is 381 g/mol. The zero-order chi connectivity index (χ0) is 19.4. The predicted octanol–water partition coefficient (Wildman–Crippen LogP) is 4.45. The Hall–Kier alpha value is -2.54. The summed E-state index contributed by atoms with van der Waals surface area (Å²) in [6, 6.07) is 8.89. The molecule has 3 rings (SSSR count). The molecule has 142 valence electrons. The zero-order valence-electron chi connectivity index (χ0n) is 14.1. The predicted molar refractivity (Wildman–Crippen MR) is 95.3 cm³/mol. The zero-order valence-corrected chi connectivity index (χ0v) is 14.9. The molecule has 1 saturated heterocycles. The molecule has 1 aromatic heterocycles. The van der Waals surface area contributed by atoms with E-state index in [0.717, 1.165) is 23.9 Å². The van der Waals surface area contributed by atoms with Gasteiger partial charge in [0.1, 0.15) is 6.10 Å². The summed E-state index contributed by atoms with van der Waals surface area (Å²) in [6.45, 7) is 0.735. The van der Waals surface area contributed by atoms with E-state index in [0.29, 0.717) is 18.0 Å². The van der Waals surface area contributed by atoms with Crippen LogP contribution in [0.1, 0.15) is 17.5 Å².